The lowest BCUT2D eigenvalue weighted by atomic mass is 10.1. The number of imidazole rings is 1. The molecule has 8 heteroatoms. The maximum Gasteiger partial charge on any atom is 0.257 e. The highest BCUT2D eigenvalue weighted by Crippen LogP contribution is 2.28. The Morgan fingerprint density at radius 3 is 2.50 bits per heavy atom. The van der Waals surface area contributed by atoms with E-state index in [1.165, 1.54) is 21.6 Å². The van der Waals surface area contributed by atoms with Crippen molar-refractivity contribution in [1.29, 1.82) is 0 Å². The molecule has 0 N–H and O–H groups in total. The molecule has 3 amide bonds. The Balaban J connectivity index is 1.58. The first-order valence-corrected chi connectivity index (χ1v) is 11.3. The SMILES string of the molecule is Cc1ccc(N2C(=O)CC(N(Cc3ccccc3)C(=O)CSc3nccn3C)C2=O)cc1. The Morgan fingerprint density at radius 1 is 1.12 bits per heavy atom. The first kappa shape index (κ1) is 21.8. The van der Waals surface area contributed by atoms with Crippen LogP contribution in [0, 0.1) is 6.92 Å². The van der Waals surface area contributed by atoms with Gasteiger partial charge >= 0.3 is 0 Å². The summed E-state index contributed by atoms with van der Waals surface area (Å²) in [5.74, 6) is -0.754. The van der Waals surface area contributed by atoms with Gasteiger partial charge in [-0.2, -0.15) is 0 Å². The van der Waals surface area contributed by atoms with Crippen molar-refractivity contribution in [2.24, 2.45) is 7.05 Å². The van der Waals surface area contributed by atoms with Crippen molar-refractivity contribution in [3.63, 3.8) is 0 Å². The molecule has 1 aromatic heterocycles. The zero-order chi connectivity index (χ0) is 22.7. The maximum atomic E-state index is 13.3. The summed E-state index contributed by atoms with van der Waals surface area (Å²) in [6.45, 7) is 2.20. The third-order valence-electron chi connectivity index (χ3n) is 5.41. The Kier molecular flexibility index (Phi) is 6.41. The standard InChI is InChI=1S/C24H24N4O3S/c1-17-8-10-19(11-9-17)28-21(29)14-20(23(28)31)27(15-18-6-4-3-5-7-18)22(30)16-32-24-25-12-13-26(24)2/h3-13,20H,14-16H2,1-2H3. The summed E-state index contributed by atoms with van der Waals surface area (Å²) in [4.78, 5) is 46.3. The maximum absolute atomic E-state index is 13.3. The van der Waals surface area contributed by atoms with Crippen LogP contribution in [0.15, 0.2) is 72.1 Å². The van der Waals surface area contributed by atoms with Crippen LogP contribution in [0.4, 0.5) is 5.69 Å². The molecule has 2 aromatic carbocycles. The summed E-state index contributed by atoms with van der Waals surface area (Å²) in [5, 5.41) is 0.716. The van der Waals surface area contributed by atoms with E-state index in [1.54, 1.807) is 18.3 Å². The van der Waals surface area contributed by atoms with Crippen molar-refractivity contribution in [1.82, 2.24) is 14.5 Å². The van der Waals surface area contributed by atoms with E-state index in [-0.39, 0.29) is 36.4 Å². The summed E-state index contributed by atoms with van der Waals surface area (Å²) in [6, 6.07) is 15.9. The Hall–Kier alpha value is -3.39. The van der Waals surface area contributed by atoms with Gasteiger partial charge in [-0.05, 0) is 24.6 Å². The number of aryl methyl sites for hydroxylation is 2. The van der Waals surface area contributed by atoms with Crippen LogP contribution in [0.2, 0.25) is 0 Å². The lowest BCUT2D eigenvalue weighted by Gasteiger charge is -2.27. The lowest BCUT2D eigenvalue weighted by Crippen LogP contribution is -2.45. The van der Waals surface area contributed by atoms with E-state index in [1.807, 2.05) is 67.2 Å². The van der Waals surface area contributed by atoms with Crippen LogP contribution in [0.5, 0.6) is 0 Å². The molecule has 0 aliphatic carbocycles. The van der Waals surface area contributed by atoms with E-state index >= 15 is 0 Å². The molecule has 1 atom stereocenters. The minimum atomic E-state index is -0.835. The first-order chi connectivity index (χ1) is 15.4. The summed E-state index contributed by atoms with van der Waals surface area (Å²) < 4.78 is 1.84. The quantitative estimate of drug-likeness (QED) is 0.410. The van der Waals surface area contributed by atoms with Crippen LogP contribution in [-0.2, 0) is 28.0 Å². The average molecular weight is 449 g/mol. The molecule has 1 unspecified atom stereocenters. The summed E-state index contributed by atoms with van der Waals surface area (Å²) in [7, 11) is 1.86. The highest BCUT2D eigenvalue weighted by Gasteiger charge is 2.44. The molecule has 7 nitrogen and oxygen atoms in total. The number of anilines is 1. The first-order valence-electron chi connectivity index (χ1n) is 10.3. The van der Waals surface area contributed by atoms with E-state index in [2.05, 4.69) is 4.98 Å². The molecule has 4 rings (SSSR count). The van der Waals surface area contributed by atoms with Gasteiger partial charge in [0.05, 0.1) is 17.9 Å². The molecule has 1 saturated heterocycles. The molecule has 164 valence electrons. The fraction of sp³-hybridized carbons (Fsp3) is 0.250. The minimum Gasteiger partial charge on any atom is -0.329 e. The Morgan fingerprint density at radius 2 is 1.84 bits per heavy atom. The topological polar surface area (TPSA) is 75.5 Å². The van der Waals surface area contributed by atoms with Crippen LogP contribution < -0.4 is 4.90 Å². The van der Waals surface area contributed by atoms with Gasteiger partial charge in [0, 0.05) is 26.0 Å². The second kappa shape index (κ2) is 9.40. The summed E-state index contributed by atoms with van der Waals surface area (Å²) >= 11 is 1.31. The van der Waals surface area contributed by atoms with E-state index in [0.717, 1.165) is 11.1 Å². The number of aromatic nitrogens is 2. The van der Waals surface area contributed by atoms with Crippen LogP contribution in [0.3, 0.4) is 0 Å². The smallest absolute Gasteiger partial charge is 0.257 e. The van der Waals surface area contributed by atoms with Gasteiger partial charge < -0.3 is 9.47 Å². The second-order valence-corrected chi connectivity index (χ2v) is 8.68. The van der Waals surface area contributed by atoms with Gasteiger partial charge in [-0.3, -0.25) is 14.4 Å². The van der Waals surface area contributed by atoms with Gasteiger partial charge in [0.25, 0.3) is 5.91 Å². The molecular weight excluding hydrogens is 424 g/mol. The molecule has 32 heavy (non-hydrogen) atoms. The summed E-state index contributed by atoms with van der Waals surface area (Å²) in [5.41, 5.74) is 2.47. The van der Waals surface area contributed by atoms with Crippen molar-refractivity contribution < 1.29 is 14.4 Å². The van der Waals surface area contributed by atoms with Gasteiger partial charge in [-0.25, -0.2) is 9.88 Å². The fourth-order valence-corrected chi connectivity index (χ4v) is 4.50. The summed E-state index contributed by atoms with van der Waals surface area (Å²) in [6.07, 6.45) is 3.46. The predicted octanol–water partition coefficient (Wildman–Crippen LogP) is 3.18. The van der Waals surface area contributed by atoms with Crippen molar-refractivity contribution in [3.05, 3.63) is 78.1 Å². The number of amides is 3. The molecule has 0 radical (unpaired) electrons. The number of thioether (sulfide) groups is 1. The van der Waals surface area contributed by atoms with E-state index in [9.17, 15) is 14.4 Å². The molecule has 2 heterocycles. The number of hydrogen-bond acceptors (Lipinski definition) is 5. The zero-order valence-corrected chi connectivity index (χ0v) is 18.8. The number of imide groups is 1. The normalized spacial score (nSPS) is 15.9. The second-order valence-electron chi connectivity index (χ2n) is 7.74. The van der Waals surface area contributed by atoms with Crippen molar-refractivity contribution in [3.8, 4) is 0 Å². The van der Waals surface area contributed by atoms with Crippen molar-refractivity contribution in [2.45, 2.75) is 31.1 Å². The van der Waals surface area contributed by atoms with Crippen molar-refractivity contribution in [2.75, 3.05) is 10.7 Å². The van der Waals surface area contributed by atoms with Crippen LogP contribution in [0.25, 0.3) is 0 Å². The number of nitrogens with zero attached hydrogens (tertiary/aromatic N) is 4. The third-order valence-corrected chi connectivity index (χ3v) is 6.45. The molecule has 0 spiro atoms. The largest absolute Gasteiger partial charge is 0.329 e. The molecular formula is C24H24N4O3S. The van der Waals surface area contributed by atoms with E-state index in [0.29, 0.717) is 10.8 Å². The zero-order valence-electron chi connectivity index (χ0n) is 18.0. The molecule has 0 bridgehead atoms. The van der Waals surface area contributed by atoms with Crippen molar-refractivity contribution >= 4 is 35.2 Å². The average Bonchev–Trinajstić information content (AvgIpc) is 3.33. The highest BCUT2D eigenvalue weighted by atomic mass is 32.2. The van der Waals surface area contributed by atoms with Crippen LogP contribution in [-0.4, -0.2) is 44.0 Å². The molecule has 3 aromatic rings. The van der Waals surface area contributed by atoms with Gasteiger partial charge in [0.2, 0.25) is 11.8 Å². The number of hydrogen-bond donors (Lipinski definition) is 0. The Bertz CT molecular complexity index is 1130. The van der Waals surface area contributed by atoms with Gasteiger partial charge in [0.15, 0.2) is 5.16 Å². The number of carbonyl (C=O) groups is 3. The van der Waals surface area contributed by atoms with Crippen LogP contribution in [0.1, 0.15) is 17.5 Å². The minimum absolute atomic E-state index is 0.0294. The number of rotatable bonds is 7. The highest BCUT2D eigenvalue weighted by molar-refractivity contribution is 7.99. The molecule has 1 aliphatic rings. The molecule has 1 fully saturated rings. The van der Waals surface area contributed by atoms with E-state index in [4.69, 9.17) is 0 Å². The van der Waals surface area contributed by atoms with Gasteiger partial charge in [0.1, 0.15) is 6.04 Å². The molecule has 0 saturated carbocycles. The molecule has 1 aliphatic heterocycles. The van der Waals surface area contributed by atoms with Gasteiger partial charge in [-0.1, -0.05) is 59.8 Å². The monoisotopic (exact) mass is 448 g/mol. The lowest BCUT2D eigenvalue weighted by molar-refractivity contribution is -0.136. The number of carbonyl (C=O) groups excluding carboxylic acids is 3. The van der Waals surface area contributed by atoms with Gasteiger partial charge in [-0.15, -0.1) is 0 Å². The van der Waals surface area contributed by atoms with Crippen LogP contribution >= 0.6 is 11.8 Å². The van der Waals surface area contributed by atoms with E-state index < -0.39 is 6.04 Å². The number of benzene rings is 2. The Labute approximate surface area is 191 Å². The third kappa shape index (κ3) is 4.60. The fourth-order valence-electron chi connectivity index (χ4n) is 3.68. The predicted molar refractivity (Wildman–Crippen MR) is 123 cm³/mol.